The number of allylic oxidation sites excluding steroid dienone is 5. The van der Waals surface area contributed by atoms with Crippen LogP contribution in [0.3, 0.4) is 0 Å². The molecule has 1 atom stereocenters. The van der Waals surface area contributed by atoms with Crippen molar-refractivity contribution in [3.05, 3.63) is 36.5 Å². The highest BCUT2D eigenvalue weighted by molar-refractivity contribution is 6.23. The maximum Gasteiger partial charge on any atom is 0.0726 e. The van der Waals surface area contributed by atoms with Crippen LogP contribution in [0.4, 0.5) is 0 Å². The van der Waals surface area contributed by atoms with E-state index in [-0.39, 0.29) is 5.38 Å². The summed E-state index contributed by atoms with van der Waals surface area (Å²) < 4.78 is 0. The fourth-order valence-corrected chi connectivity index (χ4v) is 0.697. The molecular weight excluding hydrogens is 144 g/mol. The predicted octanol–water partition coefficient (Wildman–Crippen LogP) is 3.30. The lowest BCUT2D eigenvalue weighted by molar-refractivity contribution is 1.20. The number of alkyl halides is 1. The van der Waals surface area contributed by atoms with Gasteiger partial charge in [-0.2, -0.15) is 0 Å². The van der Waals surface area contributed by atoms with Crippen LogP contribution in [0, 0.1) is 0 Å². The van der Waals surface area contributed by atoms with Gasteiger partial charge in [0.1, 0.15) is 0 Å². The summed E-state index contributed by atoms with van der Waals surface area (Å²) in [4.78, 5) is 0. The van der Waals surface area contributed by atoms with E-state index in [0.29, 0.717) is 0 Å². The van der Waals surface area contributed by atoms with Gasteiger partial charge in [0.15, 0.2) is 0 Å². The van der Waals surface area contributed by atoms with Gasteiger partial charge in [0, 0.05) is 0 Å². The molecule has 0 radical (unpaired) electrons. The summed E-state index contributed by atoms with van der Waals surface area (Å²) in [7, 11) is 0. The van der Waals surface area contributed by atoms with Crippen molar-refractivity contribution in [3.63, 3.8) is 0 Å². The molecule has 0 N–H and O–H groups in total. The Morgan fingerprint density at radius 3 is 2.60 bits per heavy atom. The van der Waals surface area contributed by atoms with Crippen LogP contribution in [0.25, 0.3) is 0 Å². The summed E-state index contributed by atoms with van der Waals surface area (Å²) in [6.45, 7) is 7.54. The molecule has 0 aromatic carbocycles. The van der Waals surface area contributed by atoms with Crippen LogP contribution in [0.15, 0.2) is 36.5 Å². The molecule has 10 heavy (non-hydrogen) atoms. The fraction of sp³-hybridized carbons (Fsp3) is 0.333. The molecule has 0 rings (SSSR count). The lowest BCUT2D eigenvalue weighted by atomic mass is 10.2. The number of halogens is 1. The van der Waals surface area contributed by atoms with Crippen LogP contribution in [0.5, 0.6) is 0 Å². The average molecular weight is 157 g/mol. The van der Waals surface area contributed by atoms with Crippen LogP contribution < -0.4 is 0 Å². The van der Waals surface area contributed by atoms with Gasteiger partial charge in [-0.05, 0) is 13.8 Å². The zero-order valence-electron chi connectivity index (χ0n) is 6.47. The molecule has 0 aliphatic heterocycles. The molecule has 0 aromatic rings. The first kappa shape index (κ1) is 9.51. The van der Waals surface area contributed by atoms with Gasteiger partial charge in [0.2, 0.25) is 0 Å². The first-order valence-electron chi connectivity index (χ1n) is 3.28. The molecule has 0 bridgehead atoms. The zero-order chi connectivity index (χ0) is 7.98. The highest BCUT2D eigenvalue weighted by Crippen LogP contribution is 2.09. The molecule has 0 aliphatic carbocycles. The minimum atomic E-state index is 0.0167. The number of hydrogen-bond donors (Lipinski definition) is 0. The third kappa shape index (κ3) is 3.52. The molecule has 0 aliphatic rings. The van der Waals surface area contributed by atoms with E-state index in [4.69, 9.17) is 11.6 Å². The molecule has 0 saturated carbocycles. The molecule has 0 nitrogen and oxygen atoms in total. The second-order valence-corrected chi connectivity index (χ2v) is 2.53. The first-order chi connectivity index (χ1) is 4.72. The summed E-state index contributed by atoms with van der Waals surface area (Å²) in [5.41, 5.74) is 1.17. The van der Waals surface area contributed by atoms with Crippen LogP contribution in [0.2, 0.25) is 0 Å². The van der Waals surface area contributed by atoms with Gasteiger partial charge in [-0.3, -0.25) is 0 Å². The van der Waals surface area contributed by atoms with E-state index < -0.39 is 0 Å². The van der Waals surface area contributed by atoms with Crippen LogP contribution in [-0.4, -0.2) is 5.38 Å². The highest BCUT2D eigenvalue weighted by atomic mass is 35.5. The van der Waals surface area contributed by atoms with Gasteiger partial charge in [0.25, 0.3) is 0 Å². The summed E-state index contributed by atoms with van der Waals surface area (Å²) >= 11 is 5.91. The van der Waals surface area contributed by atoms with E-state index in [1.165, 1.54) is 5.57 Å². The number of rotatable bonds is 3. The Bertz CT molecular complexity index is 154. The van der Waals surface area contributed by atoms with Crippen molar-refractivity contribution in [2.45, 2.75) is 19.2 Å². The third-order valence-electron chi connectivity index (χ3n) is 1.31. The molecule has 0 fully saturated rings. The van der Waals surface area contributed by atoms with E-state index in [2.05, 4.69) is 6.58 Å². The Kier molecular flexibility index (Phi) is 5.05. The van der Waals surface area contributed by atoms with Crippen molar-refractivity contribution in [2.75, 3.05) is 0 Å². The molecular formula is C9H13Cl. The average Bonchev–Trinajstić information content (AvgIpc) is 1.98. The van der Waals surface area contributed by atoms with E-state index in [9.17, 15) is 0 Å². The van der Waals surface area contributed by atoms with Crippen molar-refractivity contribution in [1.29, 1.82) is 0 Å². The SMILES string of the molecule is C=CC=CC(Cl)/C(C)=C\C. The summed E-state index contributed by atoms with van der Waals surface area (Å²) in [6, 6.07) is 0. The molecule has 0 saturated heterocycles. The summed E-state index contributed by atoms with van der Waals surface area (Å²) in [6.07, 6.45) is 7.48. The molecule has 0 amide bonds. The van der Waals surface area contributed by atoms with Crippen LogP contribution in [-0.2, 0) is 0 Å². The maximum absolute atomic E-state index is 5.91. The zero-order valence-corrected chi connectivity index (χ0v) is 7.23. The normalized spacial score (nSPS) is 15.7. The van der Waals surface area contributed by atoms with Crippen LogP contribution in [0.1, 0.15) is 13.8 Å². The molecule has 0 spiro atoms. The summed E-state index contributed by atoms with van der Waals surface area (Å²) in [5.74, 6) is 0. The lowest BCUT2D eigenvalue weighted by Crippen LogP contribution is -1.93. The topological polar surface area (TPSA) is 0 Å². The Morgan fingerprint density at radius 2 is 2.20 bits per heavy atom. The van der Waals surface area contributed by atoms with Gasteiger partial charge in [0.05, 0.1) is 5.38 Å². The van der Waals surface area contributed by atoms with Crippen LogP contribution >= 0.6 is 11.6 Å². The monoisotopic (exact) mass is 156 g/mol. The van der Waals surface area contributed by atoms with E-state index in [0.717, 1.165) is 0 Å². The fourth-order valence-electron chi connectivity index (χ4n) is 0.487. The molecule has 1 heteroatoms. The highest BCUT2D eigenvalue weighted by Gasteiger charge is 1.97. The molecule has 1 unspecified atom stereocenters. The number of hydrogen-bond acceptors (Lipinski definition) is 0. The minimum Gasteiger partial charge on any atom is -0.114 e. The Balaban J connectivity index is 3.95. The molecule has 0 heterocycles. The molecule has 56 valence electrons. The van der Waals surface area contributed by atoms with Crippen molar-refractivity contribution >= 4 is 11.6 Å². The largest absolute Gasteiger partial charge is 0.114 e. The van der Waals surface area contributed by atoms with Gasteiger partial charge < -0.3 is 0 Å². The van der Waals surface area contributed by atoms with Crippen molar-refractivity contribution < 1.29 is 0 Å². The second kappa shape index (κ2) is 5.31. The second-order valence-electron chi connectivity index (χ2n) is 2.06. The third-order valence-corrected chi connectivity index (χ3v) is 1.80. The standard InChI is InChI=1S/C9H13Cl/c1-4-6-7-9(10)8(3)5-2/h4-7,9H,1H2,2-3H3/b7-6?,8-5-. The quantitative estimate of drug-likeness (QED) is 0.334. The lowest BCUT2D eigenvalue weighted by Gasteiger charge is -2.01. The van der Waals surface area contributed by atoms with Crippen molar-refractivity contribution in [2.24, 2.45) is 0 Å². The van der Waals surface area contributed by atoms with Gasteiger partial charge in [-0.1, -0.05) is 36.5 Å². The van der Waals surface area contributed by atoms with Gasteiger partial charge in [-0.25, -0.2) is 0 Å². The van der Waals surface area contributed by atoms with E-state index >= 15 is 0 Å². The van der Waals surface area contributed by atoms with Crippen molar-refractivity contribution in [3.8, 4) is 0 Å². The van der Waals surface area contributed by atoms with Crippen molar-refractivity contribution in [1.82, 2.24) is 0 Å². The maximum atomic E-state index is 5.91. The first-order valence-corrected chi connectivity index (χ1v) is 3.72. The van der Waals surface area contributed by atoms with Gasteiger partial charge >= 0.3 is 0 Å². The predicted molar refractivity (Wildman–Crippen MR) is 48.4 cm³/mol. The minimum absolute atomic E-state index is 0.0167. The molecule has 0 aromatic heterocycles. The Labute approximate surface area is 67.9 Å². The van der Waals surface area contributed by atoms with E-state index in [1.54, 1.807) is 6.08 Å². The Hall–Kier alpha value is -0.490. The summed E-state index contributed by atoms with van der Waals surface area (Å²) in [5, 5.41) is 0.0167. The van der Waals surface area contributed by atoms with Gasteiger partial charge in [-0.15, -0.1) is 11.6 Å². The Morgan fingerprint density at radius 1 is 1.60 bits per heavy atom. The van der Waals surface area contributed by atoms with E-state index in [1.807, 2.05) is 32.1 Å². The smallest absolute Gasteiger partial charge is 0.0726 e.